The van der Waals surface area contributed by atoms with Gasteiger partial charge in [-0.2, -0.15) is 0 Å². The Hall–Kier alpha value is -2.34. The van der Waals surface area contributed by atoms with E-state index in [9.17, 15) is 9.18 Å². The topological polar surface area (TPSA) is 55.3 Å². The van der Waals surface area contributed by atoms with Gasteiger partial charge in [-0.05, 0) is 64.8 Å². The highest BCUT2D eigenvalue weighted by molar-refractivity contribution is 5.96. The second-order valence-electron chi connectivity index (χ2n) is 8.71. The van der Waals surface area contributed by atoms with Crippen LogP contribution in [0.3, 0.4) is 0 Å². The maximum Gasteiger partial charge on any atom is 0.233 e. The van der Waals surface area contributed by atoms with Crippen molar-refractivity contribution in [1.82, 2.24) is 14.9 Å². The molecule has 3 rings (SSSR count). The number of halogens is 1. The smallest absolute Gasteiger partial charge is 0.233 e. The van der Waals surface area contributed by atoms with Gasteiger partial charge < -0.3 is 9.64 Å². The van der Waals surface area contributed by atoms with E-state index in [1.165, 1.54) is 6.07 Å². The van der Waals surface area contributed by atoms with E-state index in [1.54, 1.807) is 30.6 Å². The summed E-state index contributed by atoms with van der Waals surface area (Å²) >= 11 is 0. The minimum absolute atomic E-state index is 0.0903. The number of likely N-dealkylation sites (tertiary alicyclic amines) is 1. The summed E-state index contributed by atoms with van der Waals surface area (Å²) < 4.78 is 19.6. The lowest BCUT2D eigenvalue weighted by Gasteiger charge is -2.31. The van der Waals surface area contributed by atoms with E-state index >= 15 is 0 Å². The fourth-order valence-electron chi connectivity index (χ4n) is 3.62. The maximum absolute atomic E-state index is 13.8. The molecule has 2 heterocycles. The molecule has 0 spiro atoms. The number of aromatic nitrogens is 2. The molecule has 1 fully saturated rings. The van der Waals surface area contributed by atoms with E-state index in [0.717, 1.165) is 44.6 Å². The highest BCUT2D eigenvalue weighted by Crippen LogP contribution is 2.23. The largest absolute Gasteiger partial charge is 0.471 e. The number of hydrogen-bond acceptors (Lipinski definition) is 5. The summed E-state index contributed by atoms with van der Waals surface area (Å²) in [4.78, 5) is 23.6. The fraction of sp³-hybridized carbons (Fsp3) is 0.522. The van der Waals surface area contributed by atoms with E-state index in [0.29, 0.717) is 18.2 Å². The van der Waals surface area contributed by atoms with Crippen LogP contribution in [0.2, 0.25) is 0 Å². The van der Waals surface area contributed by atoms with Crippen molar-refractivity contribution in [2.75, 3.05) is 19.6 Å². The zero-order valence-corrected chi connectivity index (χ0v) is 17.5. The number of Topliss-reactive ketones (excluding diaryl/α,β-unsaturated/α-hetero) is 1. The van der Waals surface area contributed by atoms with E-state index in [1.807, 2.05) is 20.8 Å². The van der Waals surface area contributed by atoms with Gasteiger partial charge in [-0.1, -0.05) is 12.1 Å². The lowest BCUT2D eigenvalue weighted by Crippen LogP contribution is -2.35. The summed E-state index contributed by atoms with van der Waals surface area (Å²) in [7, 11) is 0. The van der Waals surface area contributed by atoms with Gasteiger partial charge in [0, 0.05) is 25.6 Å². The average Bonchev–Trinajstić information content (AvgIpc) is 2.67. The van der Waals surface area contributed by atoms with Crippen LogP contribution in [0.1, 0.15) is 56.1 Å². The minimum Gasteiger partial charge on any atom is -0.471 e. The molecule has 1 aromatic carbocycles. The first kappa shape index (κ1) is 21.4. The number of ketones is 1. The molecular formula is C23H30FN3O2. The standard InChI is InChI=1S/C23H30FN3O2/c1-23(2,3)29-22-16-25-15-18(26-22)10-13-27-11-8-17(9-12-27)14-21(28)19-6-4-5-7-20(19)24/h4-7,15-17H,8-14H2,1-3H3. The number of benzene rings is 1. The Morgan fingerprint density at radius 2 is 1.93 bits per heavy atom. The molecule has 0 radical (unpaired) electrons. The lowest BCUT2D eigenvalue weighted by atomic mass is 9.89. The summed E-state index contributed by atoms with van der Waals surface area (Å²) in [6.45, 7) is 8.76. The normalized spacial score (nSPS) is 16.0. The van der Waals surface area contributed by atoms with Crippen LogP contribution >= 0.6 is 0 Å². The Morgan fingerprint density at radius 3 is 2.62 bits per heavy atom. The first-order valence-electron chi connectivity index (χ1n) is 10.3. The monoisotopic (exact) mass is 399 g/mol. The number of nitrogens with zero attached hydrogens (tertiary/aromatic N) is 3. The number of rotatable bonds is 7. The van der Waals surface area contributed by atoms with Gasteiger partial charge >= 0.3 is 0 Å². The number of hydrogen-bond donors (Lipinski definition) is 0. The Bertz CT molecular complexity index is 827. The van der Waals surface area contributed by atoms with Crippen LogP contribution in [0, 0.1) is 11.7 Å². The van der Waals surface area contributed by atoms with E-state index in [2.05, 4.69) is 14.9 Å². The number of piperidine rings is 1. The van der Waals surface area contributed by atoms with Crippen LogP contribution in [0.5, 0.6) is 5.88 Å². The molecule has 0 atom stereocenters. The van der Waals surface area contributed by atoms with E-state index in [-0.39, 0.29) is 16.9 Å². The van der Waals surface area contributed by atoms with Crippen LogP contribution in [0.4, 0.5) is 4.39 Å². The van der Waals surface area contributed by atoms with Crippen LogP contribution in [-0.2, 0) is 6.42 Å². The molecule has 1 aromatic heterocycles. The molecule has 1 saturated heterocycles. The van der Waals surface area contributed by atoms with Crippen molar-refractivity contribution >= 4 is 5.78 Å². The van der Waals surface area contributed by atoms with Gasteiger partial charge in [0.2, 0.25) is 5.88 Å². The molecular weight excluding hydrogens is 369 g/mol. The molecule has 156 valence electrons. The maximum atomic E-state index is 13.8. The van der Waals surface area contributed by atoms with Gasteiger partial charge in [-0.15, -0.1) is 0 Å². The van der Waals surface area contributed by atoms with Crippen LogP contribution in [0.25, 0.3) is 0 Å². The summed E-state index contributed by atoms with van der Waals surface area (Å²) in [5, 5.41) is 0. The molecule has 0 saturated carbocycles. The van der Waals surface area contributed by atoms with Crippen molar-refractivity contribution < 1.29 is 13.9 Å². The zero-order valence-electron chi connectivity index (χ0n) is 17.5. The summed E-state index contributed by atoms with van der Waals surface area (Å²) in [5.41, 5.74) is 0.837. The Kier molecular flexibility index (Phi) is 6.96. The van der Waals surface area contributed by atoms with Crippen molar-refractivity contribution in [3.05, 3.63) is 53.7 Å². The first-order valence-corrected chi connectivity index (χ1v) is 10.3. The molecule has 0 unspecified atom stereocenters. The summed E-state index contributed by atoms with van der Waals surface area (Å²) in [6.07, 6.45) is 6.58. The first-order chi connectivity index (χ1) is 13.8. The third-order valence-electron chi connectivity index (χ3n) is 5.11. The van der Waals surface area contributed by atoms with Crippen LogP contribution in [0.15, 0.2) is 36.7 Å². The Balaban J connectivity index is 1.44. The van der Waals surface area contributed by atoms with Crippen molar-refractivity contribution in [2.45, 2.75) is 52.1 Å². The quantitative estimate of drug-likeness (QED) is 0.649. The summed E-state index contributed by atoms with van der Waals surface area (Å²) in [6, 6.07) is 6.24. The molecule has 0 amide bonds. The van der Waals surface area contributed by atoms with Gasteiger partial charge in [0.05, 0.1) is 17.5 Å². The Morgan fingerprint density at radius 1 is 1.21 bits per heavy atom. The predicted molar refractivity (Wildman–Crippen MR) is 111 cm³/mol. The molecule has 0 aliphatic carbocycles. The lowest BCUT2D eigenvalue weighted by molar-refractivity contribution is 0.0924. The van der Waals surface area contributed by atoms with E-state index in [4.69, 9.17) is 4.74 Å². The van der Waals surface area contributed by atoms with Gasteiger partial charge in [0.15, 0.2) is 5.78 Å². The van der Waals surface area contributed by atoms with Gasteiger partial charge in [-0.3, -0.25) is 9.78 Å². The molecule has 0 N–H and O–H groups in total. The third kappa shape index (κ3) is 6.60. The third-order valence-corrected chi connectivity index (χ3v) is 5.11. The van der Waals surface area contributed by atoms with Crippen molar-refractivity contribution in [1.29, 1.82) is 0 Å². The average molecular weight is 400 g/mol. The molecule has 5 nitrogen and oxygen atoms in total. The molecule has 29 heavy (non-hydrogen) atoms. The molecule has 0 bridgehead atoms. The number of carbonyl (C=O) groups is 1. The zero-order chi connectivity index (χ0) is 20.9. The van der Waals surface area contributed by atoms with Crippen LogP contribution in [-0.4, -0.2) is 45.9 Å². The molecule has 6 heteroatoms. The predicted octanol–water partition coefficient (Wildman–Crippen LogP) is 4.32. The second-order valence-corrected chi connectivity index (χ2v) is 8.71. The SMILES string of the molecule is CC(C)(C)Oc1cncc(CCN2CCC(CC(=O)c3ccccc3F)CC2)n1. The number of ether oxygens (including phenoxy) is 1. The van der Waals surface area contributed by atoms with Gasteiger partial charge in [0.25, 0.3) is 0 Å². The Labute approximate surface area is 172 Å². The molecule has 2 aromatic rings. The number of carbonyl (C=O) groups excluding carboxylic acids is 1. The highest BCUT2D eigenvalue weighted by Gasteiger charge is 2.23. The summed E-state index contributed by atoms with van der Waals surface area (Å²) in [5.74, 6) is 0.364. The van der Waals surface area contributed by atoms with Crippen molar-refractivity contribution in [3.63, 3.8) is 0 Å². The second kappa shape index (κ2) is 9.44. The van der Waals surface area contributed by atoms with E-state index < -0.39 is 5.82 Å². The van der Waals surface area contributed by atoms with Crippen molar-refractivity contribution in [3.8, 4) is 5.88 Å². The molecule has 1 aliphatic heterocycles. The van der Waals surface area contributed by atoms with Gasteiger partial charge in [-0.25, -0.2) is 9.37 Å². The van der Waals surface area contributed by atoms with Crippen molar-refractivity contribution in [2.24, 2.45) is 5.92 Å². The molecule has 1 aliphatic rings. The minimum atomic E-state index is -0.422. The van der Waals surface area contributed by atoms with Crippen LogP contribution < -0.4 is 4.74 Å². The van der Waals surface area contributed by atoms with Gasteiger partial charge in [0.1, 0.15) is 11.4 Å². The fourth-order valence-corrected chi connectivity index (χ4v) is 3.62. The highest BCUT2D eigenvalue weighted by atomic mass is 19.1.